The van der Waals surface area contributed by atoms with Gasteiger partial charge in [0.05, 0.1) is 16.2 Å². The van der Waals surface area contributed by atoms with Gasteiger partial charge < -0.3 is 9.88 Å². The zero-order valence-electron chi connectivity index (χ0n) is 19.0. The number of amides is 1. The van der Waals surface area contributed by atoms with Crippen LogP contribution in [0, 0.1) is 0 Å². The van der Waals surface area contributed by atoms with Gasteiger partial charge in [-0.2, -0.15) is 0 Å². The van der Waals surface area contributed by atoms with Gasteiger partial charge in [0, 0.05) is 36.6 Å². The molecule has 0 saturated carbocycles. The highest BCUT2D eigenvalue weighted by atomic mass is 32.2. The van der Waals surface area contributed by atoms with Gasteiger partial charge in [-0.1, -0.05) is 24.3 Å². The van der Waals surface area contributed by atoms with Crippen LogP contribution in [0.25, 0.3) is 22.2 Å². The van der Waals surface area contributed by atoms with Crippen molar-refractivity contribution in [1.82, 2.24) is 14.9 Å². The van der Waals surface area contributed by atoms with Crippen LogP contribution >= 0.6 is 11.3 Å². The fourth-order valence-electron chi connectivity index (χ4n) is 3.60. The number of carbonyl (C=O) groups is 1. The molecule has 1 N–H and O–H groups in total. The third-order valence-electron chi connectivity index (χ3n) is 5.58. The average molecular weight is 497 g/mol. The van der Waals surface area contributed by atoms with Gasteiger partial charge in [0.2, 0.25) is 0 Å². The molecule has 2 heterocycles. The van der Waals surface area contributed by atoms with Crippen LogP contribution in [0.4, 0.5) is 5.13 Å². The second-order valence-electron chi connectivity index (χ2n) is 7.59. The van der Waals surface area contributed by atoms with Crippen molar-refractivity contribution in [2.45, 2.75) is 18.7 Å². The van der Waals surface area contributed by atoms with Crippen LogP contribution in [0.5, 0.6) is 0 Å². The maximum Gasteiger partial charge on any atom is 0.265 e. The summed E-state index contributed by atoms with van der Waals surface area (Å²) in [6.45, 7) is 5.04. The van der Waals surface area contributed by atoms with Crippen molar-refractivity contribution < 1.29 is 13.2 Å². The fraction of sp³-hybridized carbons (Fsp3) is 0.208. The molecule has 10 heteroatoms. The molecule has 34 heavy (non-hydrogen) atoms. The average Bonchev–Trinajstić information content (AvgIpc) is 3.33. The number of hydrogen-bond donors (Lipinski definition) is 1. The molecule has 0 unspecified atom stereocenters. The zero-order valence-corrected chi connectivity index (χ0v) is 20.6. The van der Waals surface area contributed by atoms with Crippen molar-refractivity contribution in [3.8, 4) is 11.3 Å². The van der Waals surface area contributed by atoms with Gasteiger partial charge in [-0.15, -0.1) is 11.3 Å². The maximum absolute atomic E-state index is 12.9. The summed E-state index contributed by atoms with van der Waals surface area (Å²) < 4.78 is 26.9. The van der Waals surface area contributed by atoms with E-state index in [-0.39, 0.29) is 21.5 Å². The molecule has 0 spiro atoms. The number of carbonyl (C=O) groups excluding carboxylic acids is 1. The Morgan fingerprint density at radius 2 is 1.76 bits per heavy atom. The standard InChI is InChI=1S/C24H24N4O4S2/c1-4-28(5-2)23(30)17-12-11-16-13-19(22(29)25-20(16)14-17)21-15-33-24(26-21)27(3)34(31,32)18-9-7-6-8-10-18/h6-15H,4-5H2,1-3H3,(H,25,29). The fourth-order valence-corrected chi connectivity index (χ4v) is 5.79. The second kappa shape index (κ2) is 9.40. The number of aromatic nitrogens is 2. The van der Waals surface area contributed by atoms with Crippen molar-refractivity contribution in [2.24, 2.45) is 0 Å². The van der Waals surface area contributed by atoms with Crippen LogP contribution in [-0.2, 0) is 10.0 Å². The lowest BCUT2D eigenvalue weighted by Gasteiger charge is -2.18. The number of sulfonamides is 1. The number of nitrogens with one attached hydrogen (secondary N) is 1. The summed E-state index contributed by atoms with van der Waals surface area (Å²) in [5.41, 5.74) is 1.38. The number of aromatic amines is 1. The van der Waals surface area contributed by atoms with Crippen LogP contribution in [0.15, 0.2) is 69.7 Å². The van der Waals surface area contributed by atoms with E-state index in [1.807, 2.05) is 13.8 Å². The number of thiazole rings is 1. The first-order valence-corrected chi connectivity index (χ1v) is 13.0. The van der Waals surface area contributed by atoms with Crippen LogP contribution < -0.4 is 9.86 Å². The van der Waals surface area contributed by atoms with Crippen LogP contribution in [0.1, 0.15) is 24.2 Å². The molecule has 0 aliphatic rings. The van der Waals surface area contributed by atoms with Gasteiger partial charge >= 0.3 is 0 Å². The summed E-state index contributed by atoms with van der Waals surface area (Å²) >= 11 is 1.14. The first-order valence-electron chi connectivity index (χ1n) is 10.7. The van der Waals surface area contributed by atoms with Crippen molar-refractivity contribution in [3.05, 3.63) is 75.9 Å². The molecule has 176 valence electrons. The van der Waals surface area contributed by atoms with E-state index in [1.165, 1.54) is 19.2 Å². The number of rotatable bonds is 7. The minimum absolute atomic E-state index is 0.0939. The molecule has 4 rings (SSSR count). The van der Waals surface area contributed by atoms with E-state index in [0.717, 1.165) is 21.0 Å². The Kier molecular flexibility index (Phi) is 6.54. The minimum atomic E-state index is -3.77. The largest absolute Gasteiger partial charge is 0.339 e. The molecule has 8 nitrogen and oxygen atoms in total. The van der Waals surface area contributed by atoms with Crippen LogP contribution in [0.2, 0.25) is 0 Å². The van der Waals surface area contributed by atoms with Crippen molar-refractivity contribution >= 4 is 43.3 Å². The van der Waals surface area contributed by atoms with Gasteiger partial charge in [0.25, 0.3) is 21.5 Å². The normalized spacial score (nSPS) is 11.5. The molecule has 2 aromatic carbocycles. The number of fused-ring (bicyclic) bond motifs is 1. The zero-order chi connectivity index (χ0) is 24.5. The first-order chi connectivity index (χ1) is 16.3. The van der Waals surface area contributed by atoms with E-state index < -0.39 is 10.0 Å². The predicted molar refractivity (Wildman–Crippen MR) is 135 cm³/mol. The topological polar surface area (TPSA) is 103 Å². The lowest BCUT2D eigenvalue weighted by Crippen LogP contribution is -2.30. The summed E-state index contributed by atoms with van der Waals surface area (Å²) in [6.07, 6.45) is 0. The SMILES string of the molecule is CCN(CC)C(=O)c1ccc2cc(-c3csc(N(C)S(=O)(=O)c4ccccc4)n3)c(=O)[nH]c2c1. The molecule has 2 aromatic heterocycles. The highest BCUT2D eigenvalue weighted by Crippen LogP contribution is 2.29. The van der Waals surface area contributed by atoms with Gasteiger partial charge in [0.1, 0.15) is 0 Å². The van der Waals surface area contributed by atoms with Gasteiger partial charge in [-0.05, 0) is 49.6 Å². The maximum atomic E-state index is 12.9. The third kappa shape index (κ3) is 4.34. The lowest BCUT2D eigenvalue weighted by atomic mass is 10.1. The van der Waals surface area contributed by atoms with Gasteiger partial charge in [-0.25, -0.2) is 17.7 Å². The molecule has 0 bridgehead atoms. The second-order valence-corrected chi connectivity index (χ2v) is 10.4. The Morgan fingerprint density at radius 3 is 2.44 bits per heavy atom. The highest BCUT2D eigenvalue weighted by molar-refractivity contribution is 7.93. The highest BCUT2D eigenvalue weighted by Gasteiger charge is 2.24. The summed E-state index contributed by atoms with van der Waals surface area (Å²) in [7, 11) is -2.34. The van der Waals surface area contributed by atoms with Gasteiger partial charge in [-0.3, -0.25) is 9.59 Å². The Bertz CT molecular complexity index is 1510. The third-order valence-corrected chi connectivity index (χ3v) is 8.38. The number of anilines is 1. The molecule has 4 aromatic rings. The number of benzene rings is 2. The molecule has 0 fully saturated rings. The summed E-state index contributed by atoms with van der Waals surface area (Å²) in [5.74, 6) is -0.0939. The van der Waals surface area contributed by atoms with E-state index in [4.69, 9.17) is 0 Å². The lowest BCUT2D eigenvalue weighted by molar-refractivity contribution is 0.0773. The predicted octanol–water partition coefficient (Wildman–Crippen LogP) is 3.96. The van der Waals surface area contributed by atoms with Crippen LogP contribution in [0.3, 0.4) is 0 Å². The monoisotopic (exact) mass is 496 g/mol. The van der Waals surface area contributed by atoms with Crippen molar-refractivity contribution in [1.29, 1.82) is 0 Å². The molecule has 0 radical (unpaired) electrons. The van der Waals surface area contributed by atoms with E-state index in [0.29, 0.717) is 35.4 Å². The van der Waals surface area contributed by atoms with E-state index in [9.17, 15) is 18.0 Å². The quantitative estimate of drug-likeness (QED) is 0.417. The first kappa shape index (κ1) is 23.7. The molecule has 0 aliphatic heterocycles. The van der Waals surface area contributed by atoms with Gasteiger partial charge in [0.15, 0.2) is 5.13 Å². The summed E-state index contributed by atoms with van der Waals surface area (Å²) in [6, 6.07) is 15.0. The Hall–Kier alpha value is -3.50. The molecule has 0 aliphatic carbocycles. The number of nitrogens with zero attached hydrogens (tertiary/aromatic N) is 3. The molecule has 0 atom stereocenters. The van der Waals surface area contributed by atoms with Crippen molar-refractivity contribution in [3.63, 3.8) is 0 Å². The van der Waals surface area contributed by atoms with Crippen molar-refractivity contribution in [2.75, 3.05) is 24.4 Å². The van der Waals surface area contributed by atoms with E-state index >= 15 is 0 Å². The van der Waals surface area contributed by atoms with E-state index in [1.54, 1.807) is 52.7 Å². The Balaban J connectivity index is 1.67. The summed E-state index contributed by atoms with van der Waals surface area (Å²) in [5, 5.41) is 2.64. The number of pyridine rings is 1. The minimum Gasteiger partial charge on any atom is -0.339 e. The molecular weight excluding hydrogens is 472 g/mol. The molecule has 0 saturated heterocycles. The number of H-pyrrole nitrogens is 1. The Labute approximate surface area is 201 Å². The summed E-state index contributed by atoms with van der Waals surface area (Å²) in [4.78, 5) is 34.6. The number of hydrogen-bond acceptors (Lipinski definition) is 6. The van der Waals surface area contributed by atoms with Crippen LogP contribution in [-0.4, -0.2) is 49.3 Å². The smallest absolute Gasteiger partial charge is 0.265 e. The Morgan fingerprint density at radius 1 is 1.06 bits per heavy atom. The molecule has 1 amide bonds. The van der Waals surface area contributed by atoms with E-state index in [2.05, 4.69) is 9.97 Å². The molecular formula is C24H24N4O4S2.